The third-order valence-electron chi connectivity index (χ3n) is 1.90. The number of esters is 1. The van der Waals surface area contributed by atoms with E-state index in [4.69, 9.17) is 4.74 Å². The summed E-state index contributed by atoms with van der Waals surface area (Å²) in [5, 5.41) is 0. The Balaban J connectivity index is 3.08. The highest BCUT2D eigenvalue weighted by Gasteiger charge is 2.00. The first-order chi connectivity index (χ1) is 6.31. The normalized spacial score (nSPS) is 10.0. The lowest BCUT2D eigenvalue weighted by atomic mass is 10.1. The summed E-state index contributed by atoms with van der Waals surface area (Å²) < 4.78 is 4.90. The van der Waals surface area contributed by atoms with Crippen LogP contribution in [-0.2, 0) is 9.53 Å². The second kappa shape index (κ2) is 9.56. The Labute approximate surface area is 81.7 Å². The summed E-state index contributed by atoms with van der Waals surface area (Å²) in [7, 11) is 0. The van der Waals surface area contributed by atoms with E-state index in [2.05, 4.69) is 6.92 Å². The van der Waals surface area contributed by atoms with Gasteiger partial charge in [-0.2, -0.15) is 0 Å². The van der Waals surface area contributed by atoms with Crippen molar-refractivity contribution >= 4 is 5.97 Å². The van der Waals surface area contributed by atoms with Crippen LogP contribution < -0.4 is 0 Å². The zero-order valence-corrected chi connectivity index (χ0v) is 8.84. The third-order valence-corrected chi connectivity index (χ3v) is 1.90. The van der Waals surface area contributed by atoms with E-state index in [1.807, 2.05) is 13.3 Å². The summed E-state index contributed by atoms with van der Waals surface area (Å²) in [6.45, 7) is 4.52. The molecule has 0 unspecified atom stereocenters. The molecule has 0 aliphatic rings. The molecule has 0 spiro atoms. The molecule has 2 heteroatoms. The molecule has 0 bridgehead atoms. The predicted molar refractivity (Wildman–Crippen MR) is 54.3 cm³/mol. The van der Waals surface area contributed by atoms with Gasteiger partial charge in [0, 0.05) is 6.42 Å². The fourth-order valence-electron chi connectivity index (χ4n) is 1.12. The third kappa shape index (κ3) is 9.38. The van der Waals surface area contributed by atoms with E-state index in [1.165, 1.54) is 19.3 Å². The number of ether oxygens (including phenoxy) is 1. The summed E-state index contributed by atoms with van der Waals surface area (Å²) >= 11 is 0. The average molecular weight is 185 g/mol. The fraction of sp³-hybridized carbons (Fsp3) is 0.818. The van der Waals surface area contributed by atoms with E-state index >= 15 is 0 Å². The van der Waals surface area contributed by atoms with Crippen LogP contribution in [0.15, 0.2) is 0 Å². The van der Waals surface area contributed by atoms with Crippen molar-refractivity contribution in [2.24, 2.45) is 0 Å². The zero-order valence-electron chi connectivity index (χ0n) is 8.84. The molecule has 0 aliphatic heterocycles. The van der Waals surface area contributed by atoms with Gasteiger partial charge in [-0.3, -0.25) is 4.79 Å². The minimum absolute atomic E-state index is 0.0606. The van der Waals surface area contributed by atoms with E-state index in [0.29, 0.717) is 13.0 Å². The molecule has 77 valence electrons. The summed E-state index contributed by atoms with van der Waals surface area (Å²) in [6.07, 6.45) is 8.31. The number of unbranched alkanes of at least 4 members (excludes halogenated alkanes) is 4. The van der Waals surface area contributed by atoms with Crippen LogP contribution in [0.1, 0.15) is 52.4 Å². The van der Waals surface area contributed by atoms with Crippen LogP contribution in [0.25, 0.3) is 0 Å². The molecule has 0 aromatic rings. The number of hydrogen-bond acceptors (Lipinski definition) is 2. The van der Waals surface area contributed by atoms with Crippen molar-refractivity contribution < 1.29 is 9.53 Å². The van der Waals surface area contributed by atoms with Crippen LogP contribution in [-0.4, -0.2) is 12.6 Å². The molecule has 13 heavy (non-hydrogen) atoms. The summed E-state index contributed by atoms with van der Waals surface area (Å²) in [5.74, 6) is -0.0606. The van der Waals surface area contributed by atoms with Crippen LogP contribution in [0.5, 0.6) is 0 Å². The van der Waals surface area contributed by atoms with Gasteiger partial charge in [0.05, 0.1) is 6.61 Å². The SMILES string of the molecule is C[CH]COC(=O)CCCCCCC. The van der Waals surface area contributed by atoms with Crippen LogP contribution in [0.2, 0.25) is 0 Å². The molecule has 0 saturated heterocycles. The molecule has 0 aliphatic carbocycles. The zero-order chi connectivity index (χ0) is 9.94. The van der Waals surface area contributed by atoms with Gasteiger partial charge in [0.2, 0.25) is 0 Å². The minimum atomic E-state index is -0.0606. The van der Waals surface area contributed by atoms with Crippen LogP contribution in [0.4, 0.5) is 0 Å². The van der Waals surface area contributed by atoms with E-state index in [1.54, 1.807) is 0 Å². The lowest BCUT2D eigenvalue weighted by molar-refractivity contribution is -0.142. The van der Waals surface area contributed by atoms with Crippen LogP contribution in [0, 0.1) is 6.42 Å². The maximum Gasteiger partial charge on any atom is 0.305 e. The summed E-state index contributed by atoms with van der Waals surface area (Å²) in [4.78, 5) is 11.0. The van der Waals surface area contributed by atoms with E-state index in [-0.39, 0.29) is 5.97 Å². The maximum atomic E-state index is 11.0. The van der Waals surface area contributed by atoms with Crippen LogP contribution >= 0.6 is 0 Å². The Morgan fingerprint density at radius 3 is 2.54 bits per heavy atom. The second-order valence-corrected chi connectivity index (χ2v) is 3.26. The Kier molecular flexibility index (Phi) is 9.17. The van der Waals surface area contributed by atoms with E-state index in [0.717, 1.165) is 12.8 Å². The molecule has 0 fully saturated rings. The van der Waals surface area contributed by atoms with Crippen molar-refractivity contribution in [1.29, 1.82) is 0 Å². The smallest absolute Gasteiger partial charge is 0.305 e. The highest BCUT2D eigenvalue weighted by molar-refractivity contribution is 5.69. The van der Waals surface area contributed by atoms with Crippen molar-refractivity contribution in [3.8, 4) is 0 Å². The lowest BCUT2D eigenvalue weighted by Crippen LogP contribution is -2.04. The molecule has 0 heterocycles. The second-order valence-electron chi connectivity index (χ2n) is 3.26. The van der Waals surface area contributed by atoms with Crippen molar-refractivity contribution in [3.05, 3.63) is 6.42 Å². The monoisotopic (exact) mass is 185 g/mol. The number of hydrogen-bond donors (Lipinski definition) is 0. The largest absolute Gasteiger partial charge is 0.465 e. The van der Waals surface area contributed by atoms with Gasteiger partial charge in [-0.1, -0.05) is 39.5 Å². The molecule has 0 atom stereocenters. The Hall–Kier alpha value is -0.530. The van der Waals surface area contributed by atoms with Gasteiger partial charge in [0.25, 0.3) is 0 Å². The van der Waals surface area contributed by atoms with E-state index in [9.17, 15) is 4.79 Å². The summed E-state index contributed by atoms with van der Waals surface area (Å²) in [6, 6.07) is 0. The van der Waals surface area contributed by atoms with Gasteiger partial charge in [0.15, 0.2) is 0 Å². The molecular weight excluding hydrogens is 164 g/mol. The van der Waals surface area contributed by atoms with Gasteiger partial charge >= 0.3 is 5.97 Å². The molecular formula is C11H21O2. The van der Waals surface area contributed by atoms with Gasteiger partial charge in [-0.05, 0) is 12.8 Å². The minimum Gasteiger partial charge on any atom is -0.465 e. The highest BCUT2D eigenvalue weighted by Crippen LogP contribution is 2.05. The van der Waals surface area contributed by atoms with Gasteiger partial charge in [-0.15, -0.1) is 0 Å². The molecule has 0 aromatic heterocycles. The first-order valence-electron chi connectivity index (χ1n) is 5.24. The predicted octanol–water partition coefficient (Wildman–Crippen LogP) is 3.11. The molecule has 2 nitrogen and oxygen atoms in total. The average Bonchev–Trinajstić information content (AvgIpc) is 2.14. The van der Waals surface area contributed by atoms with Gasteiger partial charge in [-0.25, -0.2) is 0 Å². The van der Waals surface area contributed by atoms with Crippen molar-refractivity contribution in [2.45, 2.75) is 52.4 Å². The Bertz CT molecular complexity index is 121. The number of carbonyl (C=O) groups excluding carboxylic acids is 1. The van der Waals surface area contributed by atoms with E-state index < -0.39 is 0 Å². The van der Waals surface area contributed by atoms with Crippen molar-refractivity contribution in [3.63, 3.8) is 0 Å². The van der Waals surface area contributed by atoms with Gasteiger partial charge < -0.3 is 4.74 Å². The highest BCUT2D eigenvalue weighted by atomic mass is 16.5. The molecule has 0 aromatic carbocycles. The standard InChI is InChI=1S/C11H21O2/c1-3-5-6-7-8-9-11(12)13-10-4-2/h4H,3,5-10H2,1-2H3. The number of carbonyl (C=O) groups is 1. The summed E-state index contributed by atoms with van der Waals surface area (Å²) in [5.41, 5.74) is 0. The quantitative estimate of drug-likeness (QED) is 0.429. The fourth-order valence-corrected chi connectivity index (χ4v) is 1.12. The maximum absolute atomic E-state index is 11.0. The first kappa shape index (κ1) is 12.5. The van der Waals surface area contributed by atoms with Crippen molar-refractivity contribution in [1.82, 2.24) is 0 Å². The van der Waals surface area contributed by atoms with Crippen molar-refractivity contribution in [2.75, 3.05) is 6.61 Å². The molecule has 0 rings (SSSR count). The number of rotatable bonds is 8. The molecule has 0 N–H and O–H groups in total. The Morgan fingerprint density at radius 1 is 1.23 bits per heavy atom. The molecule has 0 amide bonds. The molecule has 1 radical (unpaired) electrons. The lowest BCUT2D eigenvalue weighted by Gasteiger charge is -2.02. The molecule has 0 saturated carbocycles. The Morgan fingerprint density at radius 2 is 1.92 bits per heavy atom. The topological polar surface area (TPSA) is 26.3 Å². The van der Waals surface area contributed by atoms with Gasteiger partial charge in [0.1, 0.15) is 0 Å². The van der Waals surface area contributed by atoms with Crippen LogP contribution in [0.3, 0.4) is 0 Å². The first-order valence-corrected chi connectivity index (χ1v) is 5.24.